The second-order valence-electron chi connectivity index (χ2n) is 10.5. The van der Waals surface area contributed by atoms with Crippen LogP contribution in [0.2, 0.25) is 10.0 Å². The predicted octanol–water partition coefficient (Wildman–Crippen LogP) is 5.60. The number of nitro groups is 1. The van der Waals surface area contributed by atoms with Crippen LogP contribution in [0.5, 0.6) is 5.75 Å². The van der Waals surface area contributed by atoms with Crippen molar-refractivity contribution in [1.29, 1.82) is 0 Å². The van der Waals surface area contributed by atoms with Gasteiger partial charge in [-0.1, -0.05) is 49.2 Å². The zero-order chi connectivity index (χ0) is 32.8. The maximum absolute atomic E-state index is 14.0. The molecule has 0 fully saturated rings. The number of ether oxygens (including phenoxy) is 1. The van der Waals surface area contributed by atoms with Gasteiger partial charge in [0.05, 0.1) is 32.7 Å². The molecule has 1 atom stereocenters. The van der Waals surface area contributed by atoms with Crippen molar-refractivity contribution in [2.75, 3.05) is 24.5 Å². The van der Waals surface area contributed by atoms with E-state index in [4.69, 9.17) is 27.9 Å². The van der Waals surface area contributed by atoms with E-state index in [0.717, 1.165) is 10.4 Å². The van der Waals surface area contributed by atoms with Gasteiger partial charge in [-0.3, -0.25) is 24.0 Å². The predicted molar refractivity (Wildman–Crippen MR) is 170 cm³/mol. The molecule has 1 unspecified atom stereocenters. The highest BCUT2D eigenvalue weighted by Gasteiger charge is 2.33. The van der Waals surface area contributed by atoms with Gasteiger partial charge in [0.2, 0.25) is 11.8 Å². The van der Waals surface area contributed by atoms with Gasteiger partial charge in [0.25, 0.3) is 15.7 Å². The molecule has 3 rings (SSSR count). The summed E-state index contributed by atoms with van der Waals surface area (Å²) in [5, 5.41) is 15.0. The smallest absolute Gasteiger partial charge is 0.273 e. The molecule has 0 aliphatic carbocycles. The molecular weight excluding hydrogens is 631 g/mol. The lowest BCUT2D eigenvalue weighted by molar-refractivity contribution is -0.385. The lowest BCUT2D eigenvalue weighted by Gasteiger charge is -2.32. The van der Waals surface area contributed by atoms with Crippen molar-refractivity contribution >= 4 is 56.4 Å². The second kappa shape index (κ2) is 14.7. The number of carbonyl (C=O) groups is 2. The number of aryl methyl sites for hydroxylation is 1. The number of amides is 2. The Hall–Kier alpha value is -3.87. The van der Waals surface area contributed by atoms with E-state index < -0.39 is 39.3 Å². The molecule has 0 spiro atoms. The van der Waals surface area contributed by atoms with Crippen LogP contribution in [0, 0.1) is 23.0 Å². The number of halogens is 2. The quantitative estimate of drug-likeness (QED) is 0.185. The van der Waals surface area contributed by atoms with E-state index in [9.17, 15) is 28.1 Å². The molecule has 0 saturated heterocycles. The van der Waals surface area contributed by atoms with E-state index in [2.05, 4.69) is 5.32 Å². The second-order valence-corrected chi connectivity index (χ2v) is 13.2. The fourth-order valence-corrected chi connectivity index (χ4v) is 5.98. The molecule has 0 heterocycles. The van der Waals surface area contributed by atoms with Crippen LogP contribution >= 0.6 is 23.2 Å². The standard InChI is InChI=1S/C30H34Cl2N4O7S/c1-19(2)16-33-30(38)21(4)34(17-22-7-13-26(31)27(32)14-22)29(37)18-35(23-8-10-24(43-5)11-9-23)44(41,42)25-12-6-20(3)28(15-25)36(39)40/h6-15,19,21H,16-18H2,1-5H3,(H,33,38). The van der Waals surface area contributed by atoms with Gasteiger partial charge in [-0.15, -0.1) is 0 Å². The first-order chi connectivity index (χ1) is 20.6. The molecule has 0 aromatic heterocycles. The van der Waals surface area contributed by atoms with E-state index in [-0.39, 0.29) is 39.3 Å². The van der Waals surface area contributed by atoms with Gasteiger partial charge in [-0.2, -0.15) is 0 Å². The lowest BCUT2D eigenvalue weighted by atomic mass is 10.1. The molecule has 0 aliphatic heterocycles. The van der Waals surface area contributed by atoms with Crippen molar-refractivity contribution in [3.63, 3.8) is 0 Å². The summed E-state index contributed by atoms with van der Waals surface area (Å²) in [5.74, 6) is -0.538. The first-order valence-electron chi connectivity index (χ1n) is 13.6. The van der Waals surface area contributed by atoms with Gasteiger partial charge < -0.3 is 15.0 Å². The number of rotatable bonds is 13. The van der Waals surface area contributed by atoms with Crippen molar-refractivity contribution in [2.24, 2.45) is 5.92 Å². The van der Waals surface area contributed by atoms with Gasteiger partial charge in [0, 0.05) is 24.7 Å². The molecule has 0 bridgehead atoms. The summed E-state index contributed by atoms with van der Waals surface area (Å²) in [5.41, 5.74) is 0.553. The van der Waals surface area contributed by atoms with Crippen LogP contribution < -0.4 is 14.4 Å². The normalized spacial score (nSPS) is 12.0. The van der Waals surface area contributed by atoms with Crippen molar-refractivity contribution in [1.82, 2.24) is 10.2 Å². The topological polar surface area (TPSA) is 139 Å². The Bertz CT molecular complexity index is 1630. The lowest BCUT2D eigenvalue weighted by Crippen LogP contribution is -2.51. The molecule has 0 aliphatic rings. The van der Waals surface area contributed by atoms with Crippen molar-refractivity contribution < 1.29 is 27.7 Å². The number of sulfonamides is 1. The van der Waals surface area contributed by atoms with Crippen LogP contribution in [0.3, 0.4) is 0 Å². The van der Waals surface area contributed by atoms with Crippen LogP contribution in [0.15, 0.2) is 65.6 Å². The Morgan fingerprint density at radius 2 is 1.66 bits per heavy atom. The van der Waals surface area contributed by atoms with Crippen LogP contribution in [0.25, 0.3) is 0 Å². The zero-order valence-electron chi connectivity index (χ0n) is 24.9. The minimum Gasteiger partial charge on any atom is -0.497 e. The number of nitro benzene ring substituents is 1. The van der Waals surface area contributed by atoms with Crippen LogP contribution in [0.4, 0.5) is 11.4 Å². The number of hydrogen-bond acceptors (Lipinski definition) is 7. The molecule has 11 nitrogen and oxygen atoms in total. The van der Waals surface area contributed by atoms with E-state index >= 15 is 0 Å². The number of carbonyl (C=O) groups excluding carboxylic acids is 2. The molecule has 3 aromatic rings. The minimum absolute atomic E-state index is 0.0848. The third kappa shape index (κ3) is 8.40. The SMILES string of the molecule is COc1ccc(N(CC(=O)N(Cc2ccc(Cl)c(Cl)c2)C(C)C(=O)NCC(C)C)S(=O)(=O)c2ccc(C)c([N+](=O)[O-])c2)cc1. The Morgan fingerprint density at radius 1 is 1.00 bits per heavy atom. The molecular formula is C30H34Cl2N4O7S. The Morgan fingerprint density at radius 3 is 2.23 bits per heavy atom. The maximum Gasteiger partial charge on any atom is 0.273 e. The van der Waals surface area contributed by atoms with Gasteiger partial charge in [-0.05, 0) is 67.8 Å². The molecule has 0 radical (unpaired) electrons. The van der Waals surface area contributed by atoms with Crippen LogP contribution in [-0.2, 0) is 26.2 Å². The number of methoxy groups -OCH3 is 1. The maximum atomic E-state index is 14.0. The Labute approximate surface area is 266 Å². The first-order valence-corrected chi connectivity index (χ1v) is 15.8. The highest BCUT2D eigenvalue weighted by molar-refractivity contribution is 7.92. The third-order valence-corrected chi connectivity index (χ3v) is 9.30. The summed E-state index contributed by atoms with van der Waals surface area (Å²) in [6.45, 7) is 6.45. The highest BCUT2D eigenvalue weighted by atomic mass is 35.5. The average molecular weight is 666 g/mol. The minimum atomic E-state index is -4.53. The van der Waals surface area contributed by atoms with E-state index in [1.165, 1.54) is 55.3 Å². The Kier molecular flexibility index (Phi) is 11.6. The van der Waals surface area contributed by atoms with Crippen molar-refractivity contribution in [3.8, 4) is 5.75 Å². The third-order valence-electron chi connectivity index (χ3n) is 6.79. The largest absolute Gasteiger partial charge is 0.497 e. The van der Waals surface area contributed by atoms with Crippen LogP contribution in [-0.4, -0.2) is 56.3 Å². The summed E-state index contributed by atoms with van der Waals surface area (Å²) >= 11 is 12.3. The number of anilines is 1. The van der Waals surface area contributed by atoms with Gasteiger partial charge in [0.15, 0.2) is 0 Å². The molecule has 3 aromatic carbocycles. The Balaban J connectivity index is 2.09. The van der Waals surface area contributed by atoms with Gasteiger partial charge in [0.1, 0.15) is 18.3 Å². The molecule has 236 valence electrons. The summed E-state index contributed by atoms with van der Waals surface area (Å²) in [6.07, 6.45) is 0. The molecule has 44 heavy (non-hydrogen) atoms. The number of hydrogen-bond donors (Lipinski definition) is 1. The van der Waals surface area contributed by atoms with E-state index in [1.807, 2.05) is 13.8 Å². The molecule has 2 amide bonds. The van der Waals surface area contributed by atoms with E-state index in [0.29, 0.717) is 22.9 Å². The van der Waals surface area contributed by atoms with Crippen molar-refractivity contribution in [3.05, 3.63) is 92.0 Å². The average Bonchev–Trinajstić information content (AvgIpc) is 2.98. The summed E-state index contributed by atoms with van der Waals surface area (Å²) in [7, 11) is -3.08. The first kappa shape index (κ1) is 34.6. The monoisotopic (exact) mass is 664 g/mol. The zero-order valence-corrected chi connectivity index (χ0v) is 27.2. The highest BCUT2D eigenvalue weighted by Crippen LogP contribution is 2.30. The fourth-order valence-electron chi connectivity index (χ4n) is 4.22. The molecule has 14 heteroatoms. The summed E-state index contributed by atoms with van der Waals surface area (Å²) in [6, 6.07) is 13.3. The number of benzene rings is 3. The fraction of sp³-hybridized carbons (Fsp3) is 0.333. The number of nitrogens with zero attached hydrogens (tertiary/aromatic N) is 3. The number of nitrogens with one attached hydrogen (secondary N) is 1. The molecule has 0 saturated carbocycles. The van der Waals surface area contributed by atoms with Gasteiger partial charge in [-0.25, -0.2) is 8.42 Å². The summed E-state index contributed by atoms with van der Waals surface area (Å²) < 4.78 is 34.1. The summed E-state index contributed by atoms with van der Waals surface area (Å²) in [4.78, 5) is 39.0. The molecule has 1 N–H and O–H groups in total. The van der Waals surface area contributed by atoms with E-state index in [1.54, 1.807) is 25.1 Å². The van der Waals surface area contributed by atoms with Crippen LogP contribution in [0.1, 0.15) is 31.9 Å². The van der Waals surface area contributed by atoms with Crippen molar-refractivity contribution in [2.45, 2.75) is 45.2 Å². The van der Waals surface area contributed by atoms with Gasteiger partial charge >= 0.3 is 0 Å².